The lowest BCUT2D eigenvalue weighted by Crippen LogP contribution is -2.35. The number of aromatic nitrogens is 2. The summed E-state index contributed by atoms with van der Waals surface area (Å²) in [5.74, 6) is 0.00332. The number of halogens is 3. The van der Waals surface area contributed by atoms with Crippen molar-refractivity contribution >= 4 is 5.96 Å². The predicted octanol–water partition coefficient (Wildman–Crippen LogP) is 5.53. The van der Waals surface area contributed by atoms with E-state index in [2.05, 4.69) is 17.1 Å². The molecule has 1 unspecified atom stereocenters. The number of hydrogen-bond donors (Lipinski definition) is 2. The lowest BCUT2D eigenvalue weighted by Gasteiger charge is -2.21. The molecule has 2 heterocycles. The second-order valence-electron chi connectivity index (χ2n) is 8.02. The van der Waals surface area contributed by atoms with E-state index in [4.69, 9.17) is 20.4 Å². The van der Waals surface area contributed by atoms with E-state index in [0.29, 0.717) is 19.4 Å². The molecule has 3 N–H and O–H groups in total. The highest BCUT2D eigenvalue weighted by molar-refractivity contribution is 5.75. The fraction of sp³-hybridized carbons (Fsp3) is 0.591. The third-order valence-corrected chi connectivity index (χ3v) is 5.59. The van der Waals surface area contributed by atoms with Gasteiger partial charge in [0.2, 0.25) is 11.7 Å². The summed E-state index contributed by atoms with van der Waals surface area (Å²) in [6.45, 7) is 2.97. The van der Waals surface area contributed by atoms with E-state index in [1.807, 2.05) is 0 Å². The normalized spacial score (nSPS) is 16.5. The van der Waals surface area contributed by atoms with Gasteiger partial charge >= 0.3 is 6.18 Å². The number of nitrogens with one attached hydrogen (secondary N) is 1. The molecule has 0 spiro atoms. The van der Waals surface area contributed by atoms with Crippen LogP contribution in [0.4, 0.5) is 13.2 Å². The Hall–Kier alpha value is -2.78. The van der Waals surface area contributed by atoms with Gasteiger partial charge in [-0.2, -0.15) is 18.2 Å². The van der Waals surface area contributed by atoms with Crippen LogP contribution in [0.15, 0.2) is 22.7 Å². The van der Waals surface area contributed by atoms with E-state index in [9.17, 15) is 13.2 Å². The molecule has 1 fully saturated rings. The highest BCUT2D eigenvalue weighted by Gasteiger charge is 2.36. The molecule has 32 heavy (non-hydrogen) atoms. The highest BCUT2D eigenvalue weighted by atomic mass is 19.4. The van der Waals surface area contributed by atoms with Crippen LogP contribution in [0.2, 0.25) is 0 Å². The number of ether oxygens (including phenoxy) is 1. The Bertz CT molecular complexity index is 900. The summed E-state index contributed by atoms with van der Waals surface area (Å²) in [6, 6.07) is 3.46. The van der Waals surface area contributed by atoms with Crippen LogP contribution in [0.25, 0.3) is 11.4 Å². The van der Waals surface area contributed by atoms with Gasteiger partial charge in [-0.05, 0) is 37.5 Å². The van der Waals surface area contributed by atoms with Crippen molar-refractivity contribution in [3.8, 4) is 17.1 Å². The van der Waals surface area contributed by atoms with Crippen molar-refractivity contribution in [3.05, 3.63) is 29.7 Å². The zero-order chi connectivity index (χ0) is 23.1. The molecule has 1 aromatic heterocycles. The number of nitrogens with two attached hydrogens (primary N) is 1. The topological polar surface area (TPSA) is 101 Å². The molecule has 0 saturated carbocycles. The molecule has 0 bridgehead atoms. The largest absolute Gasteiger partial charge is 0.493 e. The van der Waals surface area contributed by atoms with Crippen LogP contribution >= 0.6 is 0 Å². The predicted molar refractivity (Wildman–Crippen MR) is 114 cm³/mol. The number of alkyl halides is 3. The van der Waals surface area contributed by atoms with Gasteiger partial charge < -0.3 is 19.9 Å². The van der Waals surface area contributed by atoms with Crippen molar-refractivity contribution in [2.75, 3.05) is 13.2 Å². The van der Waals surface area contributed by atoms with Crippen molar-refractivity contribution in [3.63, 3.8) is 0 Å². The number of benzene rings is 1. The third-order valence-electron chi connectivity index (χ3n) is 5.59. The summed E-state index contributed by atoms with van der Waals surface area (Å²) in [4.78, 5) is 5.92. The highest BCUT2D eigenvalue weighted by Crippen LogP contribution is 2.39. The van der Waals surface area contributed by atoms with E-state index < -0.39 is 11.7 Å². The standard InChI is InChI=1S/C22H30F3N5O2/c1-2-3-4-5-6-7-13-31-18-11-10-15(14-16(18)22(23,24)25)19-28-20(32-29-19)17-9-8-12-30(17)21(26)27/h10-11,14,17H,2-9,12-13H2,1H3,(H3,26,27). The van der Waals surface area contributed by atoms with E-state index in [1.54, 1.807) is 4.90 Å². The molecule has 176 valence electrons. The molecule has 7 nitrogen and oxygen atoms in total. The zero-order valence-electron chi connectivity index (χ0n) is 18.2. The van der Waals surface area contributed by atoms with Crippen LogP contribution in [0.5, 0.6) is 5.75 Å². The fourth-order valence-corrected chi connectivity index (χ4v) is 3.88. The number of guanidine groups is 1. The van der Waals surface area contributed by atoms with Gasteiger partial charge in [-0.15, -0.1) is 0 Å². The number of hydrogen-bond acceptors (Lipinski definition) is 5. The Morgan fingerprint density at radius 2 is 2.00 bits per heavy atom. The van der Waals surface area contributed by atoms with Crippen LogP contribution in [0.3, 0.4) is 0 Å². The van der Waals surface area contributed by atoms with Gasteiger partial charge in [0.1, 0.15) is 11.8 Å². The maximum Gasteiger partial charge on any atom is 0.419 e. The molecule has 1 aromatic carbocycles. The van der Waals surface area contributed by atoms with E-state index >= 15 is 0 Å². The van der Waals surface area contributed by atoms with Crippen molar-refractivity contribution in [2.45, 2.75) is 70.5 Å². The minimum atomic E-state index is -4.57. The Kier molecular flexibility index (Phi) is 7.98. The first kappa shape index (κ1) is 23.9. The summed E-state index contributed by atoms with van der Waals surface area (Å²) in [7, 11) is 0. The van der Waals surface area contributed by atoms with Crippen molar-refractivity contribution in [2.24, 2.45) is 5.73 Å². The quantitative estimate of drug-likeness (QED) is 0.279. The lowest BCUT2D eigenvalue weighted by atomic mass is 10.1. The van der Waals surface area contributed by atoms with Crippen molar-refractivity contribution < 1.29 is 22.4 Å². The lowest BCUT2D eigenvalue weighted by molar-refractivity contribution is -0.138. The van der Waals surface area contributed by atoms with Crippen molar-refractivity contribution in [1.82, 2.24) is 15.0 Å². The summed E-state index contributed by atoms with van der Waals surface area (Å²) >= 11 is 0. The summed E-state index contributed by atoms with van der Waals surface area (Å²) in [5, 5.41) is 11.5. The van der Waals surface area contributed by atoms with Gasteiger partial charge in [0.05, 0.1) is 12.2 Å². The average molecular weight is 454 g/mol. The minimum Gasteiger partial charge on any atom is -0.493 e. The molecule has 2 aromatic rings. The van der Waals surface area contributed by atoms with Gasteiger partial charge in [-0.1, -0.05) is 44.2 Å². The third kappa shape index (κ3) is 5.92. The monoisotopic (exact) mass is 453 g/mol. The molecule has 0 radical (unpaired) electrons. The Balaban J connectivity index is 1.71. The van der Waals surface area contributed by atoms with Gasteiger partial charge in [0.25, 0.3) is 0 Å². The molecule has 1 saturated heterocycles. The van der Waals surface area contributed by atoms with Crippen LogP contribution in [0.1, 0.15) is 75.8 Å². The van der Waals surface area contributed by atoms with E-state index in [1.165, 1.54) is 18.6 Å². The molecule has 0 aliphatic carbocycles. The Labute approximate surface area is 185 Å². The SMILES string of the molecule is CCCCCCCCOc1ccc(-c2noc(C3CCCN3C(=N)N)n2)cc1C(F)(F)F. The van der Waals surface area contributed by atoms with Gasteiger partial charge in [-0.25, -0.2) is 0 Å². The Morgan fingerprint density at radius 1 is 1.25 bits per heavy atom. The molecular weight excluding hydrogens is 423 g/mol. The smallest absolute Gasteiger partial charge is 0.419 e. The van der Waals surface area contributed by atoms with Gasteiger partial charge in [0, 0.05) is 12.1 Å². The van der Waals surface area contributed by atoms with Crippen LogP contribution < -0.4 is 10.5 Å². The molecule has 1 aliphatic heterocycles. The molecule has 1 atom stereocenters. The Morgan fingerprint density at radius 3 is 2.72 bits per heavy atom. The molecular formula is C22H30F3N5O2. The summed E-state index contributed by atoms with van der Waals surface area (Å²) in [6.07, 6.45) is 3.08. The second kappa shape index (κ2) is 10.7. The van der Waals surface area contributed by atoms with E-state index in [-0.39, 0.29) is 41.6 Å². The molecule has 1 aliphatic rings. The van der Waals surface area contributed by atoms with Crippen LogP contribution in [-0.2, 0) is 6.18 Å². The summed E-state index contributed by atoms with van der Waals surface area (Å²) < 4.78 is 51.7. The first-order chi connectivity index (χ1) is 15.3. The number of rotatable bonds is 10. The average Bonchev–Trinajstić information content (AvgIpc) is 3.42. The summed E-state index contributed by atoms with van der Waals surface area (Å²) in [5.41, 5.74) is 4.91. The van der Waals surface area contributed by atoms with Crippen molar-refractivity contribution in [1.29, 1.82) is 5.41 Å². The van der Waals surface area contributed by atoms with Crippen LogP contribution in [-0.4, -0.2) is 34.2 Å². The van der Waals surface area contributed by atoms with Crippen LogP contribution in [0, 0.1) is 5.41 Å². The number of nitrogens with zero attached hydrogens (tertiary/aromatic N) is 3. The maximum absolute atomic E-state index is 13.7. The zero-order valence-corrected chi connectivity index (χ0v) is 18.2. The van der Waals surface area contributed by atoms with Gasteiger partial charge in [0.15, 0.2) is 5.96 Å². The number of unbranched alkanes of at least 4 members (excludes halogenated alkanes) is 5. The minimum absolute atomic E-state index is 0.0587. The molecule has 10 heteroatoms. The molecule has 3 rings (SSSR count). The van der Waals surface area contributed by atoms with Gasteiger partial charge in [-0.3, -0.25) is 5.41 Å². The first-order valence-corrected chi connectivity index (χ1v) is 11.1. The first-order valence-electron chi connectivity index (χ1n) is 11.1. The van der Waals surface area contributed by atoms with E-state index in [0.717, 1.165) is 38.2 Å². The number of likely N-dealkylation sites (tertiary alicyclic amines) is 1. The fourth-order valence-electron chi connectivity index (χ4n) is 3.88. The maximum atomic E-state index is 13.7. The second-order valence-corrected chi connectivity index (χ2v) is 8.02. The molecule has 0 amide bonds.